The summed E-state index contributed by atoms with van der Waals surface area (Å²) in [6.07, 6.45) is 1.01. The number of Topliss-reactive ketones (excluding diaryl/α,β-unsaturated/α-hetero) is 1. The molecule has 1 aliphatic heterocycles. The molecule has 0 saturated carbocycles. The van der Waals surface area contributed by atoms with Gasteiger partial charge in [-0.15, -0.1) is 0 Å². The van der Waals surface area contributed by atoms with E-state index in [4.69, 9.17) is 11.6 Å². The van der Waals surface area contributed by atoms with Crippen LogP contribution in [-0.4, -0.2) is 43.4 Å². The standard InChI is InChI=1S/C13H16ClFN2O/c14-10-2-3-12(15)11(8-10)13(18)9-17-6-1-4-16-5-7-17/h2-3,8,16H,1,4-7,9H2. The Labute approximate surface area is 111 Å². The van der Waals surface area contributed by atoms with Gasteiger partial charge in [0.05, 0.1) is 12.1 Å². The predicted molar refractivity (Wildman–Crippen MR) is 69.7 cm³/mol. The van der Waals surface area contributed by atoms with Gasteiger partial charge in [0, 0.05) is 18.1 Å². The first kappa shape index (κ1) is 13.5. The van der Waals surface area contributed by atoms with Gasteiger partial charge in [0.25, 0.3) is 0 Å². The molecule has 1 aliphatic rings. The summed E-state index contributed by atoms with van der Waals surface area (Å²) >= 11 is 5.79. The van der Waals surface area contributed by atoms with Gasteiger partial charge in [-0.05, 0) is 37.7 Å². The Morgan fingerprint density at radius 3 is 3.06 bits per heavy atom. The van der Waals surface area contributed by atoms with Gasteiger partial charge >= 0.3 is 0 Å². The lowest BCUT2D eigenvalue weighted by atomic mass is 10.1. The first-order chi connectivity index (χ1) is 8.66. The minimum absolute atomic E-state index is 0.0831. The molecule has 1 saturated heterocycles. The van der Waals surface area contributed by atoms with Crippen molar-refractivity contribution in [3.8, 4) is 0 Å². The molecule has 0 spiro atoms. The highest BCUT2D eigenvalue weighted by Gasteiger charge is 2.17. The Hall–Kier alpha value is -0.970. The van der Waals surface area contributed by atoms with E-state index >= 15 is 0 Å². The Bertz CT molecular complexity index is 431. The Balaban J connectivity index is 2.04. The Kier molecular flexibility index (Phi) is 4.69. The van der Waals surface area contributed by atoms with Gasteiger partial charge in [0.1, 0.15) is 5.82 Å². The first-order valence-electron chi connectivity index (χ1n) is 6.08. The van der Waals surface area contributed by atoms with Crippen LogP contribution in [0.25, 0.3) is 0 Å². The van der Waals surface area contributed by atoms with Crippen LogP contribution in [0.3, 0.4) is 0 Å². The van der Waals surface area contributed by atoms with Crippen LogP contribution in [0.2, 0.25) is 5.02 Å². The summed E-state index contributed by atoms with van der Waals surface area (Å²) < 4.78 is 13.5. The summed E-state index contributed by atoms with van der Waals surface area (Å²) in [5.41, 5.74) is 0.0831. The van der Waals surface area contributed by atoms with Crippen molar-refractivity contribution < 1.29 is 9.18 Å². The molecular formula is C13H16ClFN2O. The molecule has 5 heteroatoms. The zero-order valence-electron chi connectivity index (χ0n) is 10.1. The van der Waals surface area contributed by atoms with Gasteiger partial charge in [0.15, 0.2) is 5.78 Å². The number of ketones is 1. The van der Waals surface area contributed by atoms with Crippen molar-refractivity contribution in [3.05, 3.63) is 34.6 Å². The van der Waals surface area contributed by atoms with Crippen molar-refractivity contribution in [2.75, 3.05) is 32.7 Å². The summed E-state index contributed by atoms with van der Waals surface area (Å²) in [5, 5.41) is 3.65. The summed E-state index contributed by atoms with van der Waals surface area (Å²) in [4.78, 5) is 14.1. The van der Waals surface area contributed by atoms with Gasteiger partial charge in [-0.2, -0.15) is 0 Å². The molecule has 0 unspecified atom stereocenters. The monoisotopic (exact) mass is 270 g/mol. The van der Waals surface area contributed by atoms with Gasteiger partial charge < -0.3 is 5.32 Å². The van der Waals surface area contributed by atoms with Crippen LogP contribution in [0.15, 0.2) is 18.2 Å². The van der Waals surface area contributed by atoms with Crippen LogP contribution >= 0.6 is 11.6 Å². The third-order valence-corrected chi connectivity index (χ3v) is 3.26. The first-order valence-corrected chi connectivity index (χ1v) is 6.46. The Morgan fingerprint density at radius 1 is 1.39 bits per heavy atom. The number of hydrogen-bond acceptors (Lipinski definition) is 3. The maximum absolute atomic E-state index is 13.5. The average molecular weight is 271 g/mol. The molecule has 1 heterocycles. The zero-order chi connectivity index (χ0) is 13.0. The number of rotatable bonds is 3. The zero-order valence-corrected chi connectivity index (χ0v) is 10.8. The molecular weight excluding hydrogens is 255 g/mol. The molecule has 0 amide bonds. The maximum Gasteiger partial charge on any atom is 0.179 e. The van der Waals surface area contributed by atoms with E-state index in [-0.39, 0.29) is 17.9 Å². The molecule has 1 N–H and O–H groups in total. The highest BCUT2D eigenvalue weighted by molar-refractivity contribution is 6.31. The van der Waals surface area contributed by atoms with Crippen LogP contribution in [0.4, 0.5) is 4.39 Å². The molecule has 1 aromatic rings. The highest BCUT2D eigenvalue weighted by atomic mass is 35.5. The van der Waals surface area contributed by atoms with Gasteiger partial charge in [0.2, 0.25) is 0 Å². The molecule has 0 bridgehead atoms. The minimum Gasteiger partial charge on any atom is -0.315 e. The predicted octanol–water partition coefficient (Wildman–Crippen LogP) is 1.96. The molecule has 0 atom stereocenters. The third kappa shape index (κ3) is 3.51. The van der Waals surface area contributed by atoms with Gasteiger partial charge in [-0.1, -0.05) is 11.6 Å². The number of benzene rings is 1. The highest BCUT2D eigenvalue weighted by Crippen LogP contribution is 2.16. The van der Waals surface area contributed by atoms with Gasteiger partial charge in [-0.25, -0.2) is 4.39 Å². The molecule has 1 fully saturated rings. The smallest absolute Gasteiger partial charge is 0.179 e. The lowest BCUT2D eigenvalue weighted by molar-refractivity contribution is 0.0931. The van der Waals surface area contributed by atoms with Crippen molar-refractivity contribution in [2.24, 2.45) is 0 Å². The van der Waals surface area contributed by atoms with E-state index in [9.17, 15) is 9.18 Å². The fraction of sp³-hybridized carbons (Fsp3) is 0.462. The lowest BCUT2D eigenvalue weighted by Crippen LogP contribution is -2.33. The van der Waals surface area contributed by atoms with E-state index < -0.39 is 5.82 Å². The quantitative estimate of drug-likeness (QED) is 0.853. The van der Waals surface area contributed by atoms with E-state index in [1.165, 1.54) is 18.2 Å². The molecule has 2 rings (SSSR count). The molecule has 98 valence electrons. The van der Waals surface area contributed by atoms with Crippen LogP contribution in [0, 0.1) is 5.82 Å². The lowest BCUT2D eigenvalue weighted by Gasteiger charge is -2.18. The van der Waals surface area contributed by atoms with Crippen LogP contribution in [0.5, 0.6) is 0 Å². The molecule has 3 nitrogen and oxygen atoms in total. The fourth-order valence-corrected chi connectivity index (χ4v) is 2.23. The number of carbonyl (C=O) groups is 1. The molecule has 1 aromatic carbocycles. The van der Waals surface area contributed by atoms with E-state index in [2.05, 4.69) is 5.32 Å². The van der Waals surface area contributed by atoms with E-state index in [1.807, 2.05) is 4.90 Å². The van der Waals surface area contributed by atoms with E-state index in [1.54, 1.807) is 0 Å². The van der Waals surface area contributed by atoms with Gasteiger partial charge in [-0.3, -0.25) is 9.69 Å². The number of hydrogen-bond donors (Lipinski definition) is 1. The molecule has 18 heavy (non-hydrogen) atoms. The second kappa shape index (κ2) is 6.27. The van der Waals surface area contributed by atoms with Crippen LogP contribution in [-0.2, 0) is 0 Å². The van der Waals surface area contributed by atoms with E-state index in [0.29, 0.717) is 5.02 Å². The number of nitrogens with one attached hydrogen (secondary N) is 1. The summed E-state index contributed by atoms with van der Waals surface area (Å²) in [5.74, 6) is -0.714. The second-order valence-electron chi connectivity index (χ2n) is 4.43. The Morgan fingerprint density at radius 2 is 2.22 bits per heavy atom. The fourth-order valence-electron chi connectivity index (χ4n) is 2.06. The molecule has 0 aromatic heterocycles. The largest absolute Gasteiger partial charge is 0.315 e. The van der Waals surface area contributed by atoms with Crippen molar-refractivity contribution in [1.82, 2.24) is 10.2 Å². The maximum atomic E-state index is 13.5. The second-order valence-corrected chi connectivity index (χ2v) is 4.86. The summed E-state index contributed by atoms with van der Waals surface area (Å²) in [6.45, 7) is 3.76. The topological polar surface area (TPSA) is 32.3 Å². The third-order valence-electron chi connectivity index (χ3n) is 3.03. The summed E-state index contributed by atoms with van der Waals surface area (Å²) in [7, 11) is 0. The minimum atomic E-state index is -0.502. The van der Waals surface area contributed by atoms with Crippen LogP contribution in [0.1, 0.15) is 16.8 Å². The van der Waals surface area contributed by atoms with Crippen molar-refractivity contribution in [2.45, 2.75) is 6.42 Å². The number of halogens is 2. The van der Waals surface area contributed by atoms with Crippen molar-refractivity contribution >= 4 is 17.4 Å². The van der Waals surface area contributed by atoms with E-state index in [0.717, 1.165) is 32.6 Å². The average Bonchev–Trinajstić information content (AvgIpc) is 2.61. The number of carbonyl (C=O) groups excluding carboxylic acids is 1. The molecule has 0 aliphatic carbocycles. The van der Waals surface area contributed by atoms with Crippen LogP contribution < -0.4 is 5.32 Å². The normalized spacial score (nSPS) is 17.4. The number of nitrogens with zero attached hydrogens (tertiary/aromatic N) is 1. The SMILES string of the molecule is O=C(CN1CCCNCC1)c1cc(Cl)ccc1F. The van der Waals surface area contributed by atoms with Crippen molar-refractivity contribution in [1.29, 1.82) is 0 Å². The molecule has 0 radical (unpaired) electrons. The van der Waals surface area contributed by atoms with Crippen molar-refractivity contribution in [3.63, 3.8) is 0 Å². The summed E-state index contributed by atoms with van der Waals surface area (Å²) in [6, 6.07) is 4.08.